The number of aryl methyl sites for hydroxylation is 1. The quantitative estimate of drug-likeness (QED) is 0.274. The molecule has 0 saturated carbocycles. The van der Waals surface area contributed by atoms with E-state index in [4.69, 9.17) is 0 Å². The predicted molar refractivity (Wildman–Crippen MR) is 124 cm³/mol. The molecule has 2 aromatic heterocycles. The first-order valence-corrected chi connectivity index (χ1v) is 11.1. The highest BCUT2D eigenvalue weighted by molar-refractivity contribution is 7.13. The summed E-state index contributed by atoms with van der Waals surface area (Å²) < 4.78 is 79.1. The van der Waals surface area contributed by atoms with Gasteiger partial charge >= 0.3 is 12.4 Å². The van der Waals surface area contributed by atoms with Crippen LogP contribution >= 0.6 is 11.3 Å². The molecule has 36 heavy (non-hydrogen) atoms. The molecule has 4 rings (SSSR count). The second-order valence-corrected chi connectivity index (χ2v) is 8.48. The summed E-state index contributed by atoms with van der Waals surface area (Å²) >= 11 is 1.33. The van der Waals surface area contributed by atoms with Crippen molar-refractivity contribution in [2.45, 2.75) is 19.3 Å². The Morgan fingerprint density at radius 2 is 1.53 bits per heavy atom. The Bertz CT molecular complexity index is 1340. The van der Waals surface area contributed by atoms with E-state index in [9.17, 15) is 31.1 Å². The molecule has 0 atom stereocenters. The number of hydrogen-bond acceptors (Lipinski definition) is 5. The van der Waals surface area contributed by atoms with Crippen LogP contribution in [0.15, 0.2) is 72.5 Å². The molecule has 1 amide bonds. The largest absolute Gasteiger partial charge is 0.416 e. The van der Waals surface area contributed by atoms with Crippen molar-refractivity contribution in [2.24, 2.45) is 0 Å². The van der Waals surface area contributed by atoms with Gasteiger partial charge in [-0.15, -0.1) is 11.3 Å². The molecule has 0 radical (unpaired) electrons. The molecule has 0 fully saturated rings. The van der Waals surface area contributed by atoms with E-state index in [-0.39, 0.29) is 11.6 Å². The van der Waals surface area contributed by atoms with Gasteiger partial charge in [-0.3, -0.25) is 14.7 Å². The molecule has 5 nitrogen and oxygen atoms in total. The van der Waals surface area contributed by atoms with Crippen molar-refractivity contribution in [3.05, 3.63) is 94.8 Å². The Morgan fingerprint density at radius 3 is 2.08 bits per heavy atom. The molecular weight excluding hydrogens is 506 g/mol. The zero-order chi connectivity index (χ0) is 26.1. The third-order valence-electron chi connectivity index (χ3n) is 5.09. The fourth-order valence-corrected chi connectivity index (χ4v) is 4.07. The van der Waals surface area contributed by atoms with E-state index in [2.05, 4.69) is 15.3 Å². The Balaban J connectivity index is 1.72. The van der Waals surface area contributed by atoms with Crippen molar-refractivity contribution in [3.8, 4) is 0 Å². The highest BCUT2D eigenvalue weighted by Gasteiger charge is 2.37. The first kappa shape index (κ1) is 25.2. The normalized spacial score (nSPS) is 11.9. The SMILES string of the molecule is Cc1ccc(C(=O)Nc2cc(C(F)(F)F)cc(C(F)(F)F)c2)cc1N(c1ccncc1)c1nccs1. The summed E-state index contributed by atoms with van der Waals surface area (Å²) in [4.78, 5) is 23.0. The number of rotatable bonds is 5. The molecule has 2 aromatic carbocycles. The van der Waals surface area contributed by atoms with Crippen LogP contribution in [-0.4, -0.2) is 15.9 Å². The Hall–Kier alpha value is -3.93. The molecule has 0 saturated heterocycles. The molecule has 186 valence electrons. The van der Waals surface area contributed by atoms with E-state index in [1.807, 2.05) is 0 Å². The van der Waals surface area contributed by atoms with Gasteiger partial charge in [-0.05, 0) is 55.0 Å². The van der Waals surface area contributed by atoms with Crippen molar-refractivity contribution in [2.75, 3.05) is 10.2 Å². The number of nitrogens with one attached hydrogen (secondary N) is 1. The van der Waals surface area contributed by atoms with Gasteiger partial charge in [0.1, 0.15) is 0 Å². The fraction of sp³-hybridized carbons (Fsp3) is 0.125. The Morgan fingerprint density at radius 1 is 0.889 bits per heavy atom. The molecule has 0 aliphatic carbocycles. The second kappa shape index (κ2) is 9.61. The van der Waals surface area contributed by atoms with E-state index in [0.717, 1.165) is 5.56 Å². The molecule has 2 heterocycles. The van der Waals surface area contributed by atoms with Gasteiger partial charge < -0.3 is 5.32 Å². The minimum atomic E-state index is -5.03. The minimum Gasteiger partial charge on any atom is -0.322 e. The summed E-state index contributed by atoms with van der Waals surface area (Å²) in [6.45, 7) is 1.79. The molecule has 4 aromatic rings. The van der Waals surface area contributed by atoms with Crippen LogP contribution in [0.1, 0.15) is 27.0 Å². The Kier molecular flexibility index (Phi) is 6.72. The molecule has 0 spiro atoms. The summed E-state index contributed by atoms with van der Waals surface area (Å²) in [6.07, 6.45) is -5.31. The fourth-order valence-electron chi connectivity index (χ4n) is 3.39. The monoisotopic (exact) mass is 522 g/mol. The maximum atomic E-state index is 13.2. The molecule has 1 N–H and O–H groups in total. The number of anilines is 4. The molecule has 0 aliphatic heterocycles. The summed E-state index contributed by atoms with van der Waals surface area (Å²) in [5, 5.41) is 4.51. The highest BCUT2D eigenvalue weighted by Crippen LogP contribution is 2.39. The lowest BCUT2D eigenvalue weighted by molar-refractivity contribution is -0.143. The number of amides is 1. The van der Waals surface area contributed by atoms with Crippen LogP contribution in [-0.2, 0) is 12.4 Å². The summed E-state index contributed by atoms with van der Waals surface area (Å²) in [5.41, 5.74) is -1.67. The van der Waals surface area contributed by atoms with Crippen LogP contribution < -0.4 is 10.2 Å². The van der Waals surface area contributed by atoms with Gasteiger partial charge in [0.05, 0.1) is 22.5 Å². The maximum Gasteiger partial charge on any atom is 0.416 e. The third kappa shape index (κ3) is 5.48. The smallest absolute Gasteiger partial charge is 0.322 e. The molecule has 0 bridgehead atoms. The van der Waals surface area contributed by atoms with Crippen LogP contribution in [0.4, 0.5) is 48.5 Å². The zero-order valence-corrected chi connectivity index (χ0v) is 19.2. The van der Waals surface area contributed by atoms with Gasteiger partial charge in [-0.2, -0.15) is 26.3 Å². The maximum absolute atomic E-state index is 13.2. The van der Waals surface area contributed by atoms with Gasteiger partial charge in [0.15, 0.2) is 5.13 Å². The van der Waals surface area contributed by atoms with E-state index in [1.165, 1.54) is 23.5 Å². The lowest BCUT2D eigenvalue weighted by atomic mass is 10.1. The van der Waals surface area contributed by atoms with Gasteiger partial charge in [0, 0.05) is 35.2 Å². The summed E-state index contributed by atoms with van der Waals surface area (Å²) in [5.74, 6) is -0.877. The molecule has 12 heteroatoms. The third-order valence-corrected chi connectivity index (χ3v) is 5.85. The van der Waals surface area contributed by atoms with Crippen molar-refractivity contribution in [3.63, 3.8) is 0 Å². The van der Waals surface area contributed by atoms with Crippen LogP contribution in [0.3, 0.4) is 0 Å². The van der Waals surface area contributed by atoms with Gasteiger partial charge in [-0.1, -0.05) is 6.07 Å². The number of benzene rings is 2. The average molecular weight is 522 g/mol. The predicted octanol–water partition coefficient (Wildman–Crippen LogP) is 7.61. The number of alkyl halides is 6. The van der Waals surface area contributed by atoms with E-state index in [1.54, 1.807) is 54.0 Å². The number of carbonyl (C=O) groups excluding carboxylic acids is 1. The molecular formula is C24H16F6N4OS. The van der Waals surface area contributed by atoms with E-state index in [0.29, 0.717) is 28.6 Å². The van der Waals surface area contributed by atoms with Crippen molar-refractivity contribution in [1.82, 2.24) is 9.97 Å². The van der Waals surface area contributed by atoms with Crippen LogP contribution in [0.25, 0.3) is 0 Å². The zero-order valence-electron chi connectivity index (χ0n) is 18.4. The number of halogens is 6. The van der Waals surface area contributed by atoms with Crippen LogP contribution in [0.2, 0.25) is 0 Å². The lowest BCUT2D eigenvalue weighted by Crippen LogP contribution is -2.17. The number of thiazole rings is 1. The van der Waals surface area contributed by atoms with E-state index < -0.39 is 35.1 Å². The number of aromatic nitrogens is 2. The van der Waals surface area contributed by atoms with Gasteiger partial charge in [0.25, 0.3) is 5.91 Å². The highest BCUT2D eigenvalue weighted by atomic mass is 32.1. The van der Waals surface area contributed by atoms with E-state index >= 15 is 0 Å². The Labute approximate surface area is 205 Å². The van der Waals surface area contributed by atoms with Crippen molar-refractivity contribution in [1.29, 1.82) is 0 Å². The van der Waals surface area contributed by atoms with Crippen LogP contribution in [0.5, 0.6) is 0 Å². The minimum absolute atomic E-state index is 0.000257. The molecule has 0 aliphatic rings. The summed E-state index contributed by atoms with van der Waals surface area (Å²) in [6, 6.07) is 8.93. The average Bonchev–Trinajstić information content (AvgIpc) is 3.34. The number of pyridine rings is 1. The van der Waals surface area contributed by atoms with Gasteiger partial charge in [-0.25, -0.2) is 4.98 Å². The summed E-state index contributed by atoms with van der Waals surface area (Å²) in [7, 11) is 0. The van der Waals surface area contributed by atoms with Crippen molar-refractivity contribution >= 4 is 39.4 Å². The first-order chi connectivity index (χ1) is 16.9. The first-order valence-electron chi connectivity index (χ1n) is 10.2. The van der Waals surface area contributed by atoms with Gasteiger partial charge in [0.2, 0.25) is 0 Å². The number of carbonyl (C=O) groups is 1. The number of hydrogen-bond donors (Lipinski definition) is 1. The number of nitrogens with zero attached hydrogens (tertiary/aromatic N) is 3. The van der Waals surface area contributed by atoms with Crippen molar-refractivity contribution < 1.29 is 31.1 Å². The van der Waals surface area contributed by atoms with Crippen LogP contribution in [0, 0.1) is 6.92 Å². The second-order valence-electron chi connectivity index (χ2n) is 7.61. The molecule has 0 unspecified atom stereocenters. The lowest BCUT2D eigenvalue weighted by Gasteiger charge is -2.24. The topological polar surface area (TPSA) is 58.1 Å². The standard InChI is InChI=1S/C24H16F6N4OS/c1-14-2-3-15(10-20(14)34(22-32-8-9-36-22)19-4-6-31-7-5-19)21(35)33-18-12-16(23(25,26)27)11-17(13-18)24(28,29)30/h2-13H,1H3,(H,33,35).